The number of nitro groups is 1. The number of thiophene rings is 1. The largest absolute Gasteiger partial charge is 0.477 e. The van der Waals surface area contributed by atoms with Crippen LogP contribution in [0.1, 0.15) is 15.2 Å². The summed E-state index contributed by atoms with van der Waals surface area (Å²) in [5, 5.41) is 21.2. The predicted molar refractivity (Wildman–Crippen MR) is 67.7 cm³/mol. The zero-order chi connectivity index (χ0) is 14.0. The third-order valence-corrected chi connectivity index (χ3v) is 3.39. The lowest BCUT2D eigenvalue weighted by Crippen LogP contribution is -2.12. The highest BCUT2D eigenvalue weighted by atomic mass is 32.1. The Hall–Kier alpha value is -2.48. The molecule has 1 N–H and O–H groups in total. The minimum Gasteiger partial charge on any atom is -0.477 e. The molecule has 8 heteroatoms. The van der Waals surface area contributed by atoms with E-state index < -0.39 is 22.0 Å². The summed E-state index contributed by atoms with van der Waals surface area (Å²) in [6.07, 6.45) is 2.49. The lowest BCUT2D eigenvalue weighted by molar-refractivity contribution is -0.386. The zero-order valence-corrected chi connectivity index (χ0v) is 10.3. The van der Waals surface area contributed by atoms with Gasteiger partial charge in [0, 0.05) is 18.8 Å². The van der Waals surface area contributed by atoms with Crippen LogP contribution >= 0.6 is 11.3 Å². The number of carbonyl (C=O) groups is 1. The molecule has 0 unspecified atom stereocenters. The average Bonchev–Trinajstić information content (AvgIpc) is 2.79. The number of hydrogen-bond acceptors (Lipinski definition) is 5. The first-order valence-electron chi connectivity index (χ1n) is 5.13. The first-order chi connectivity index (χ1) is 8.99. The fourth-order valence-electron chi connectivity index (χ4n) is 1.59. The van der Waals surface area contributed by atoms with Gasteiger partial charge >= 0.3 is 11.7 Å². The van der Waals surface area contributed by atoms with Gasteiger partial charge in [-0.15, -0.1) is 11.3 Å². The van der Waals surface area contributed by atoms with Crippen molar-refractivity contribution in [3.63, 3.8) is 0 Å². The number of rotatable bonds is 4. The number of aromatic carboxylic acids is 1. The predicted octanol–water partition coefficient (Wildman–Crippen LogP) is 1.56. The van der Waals surface area contributed by atoms with Crippen molar-refractivity contribution in [3.05, 3.63) is 60.7 Å². The molecule has 2 rings (SSSR count). The summed E-state index contributed by atoms with van der Waals surface area (Å²) in [4.78, 5) is 32.3. The van der Waals surface area contributed by atoms with E-state index in [-0.39, 0.29) is 11.4 Å². The zero-order valence-electron chi connectivity index (χ0n) is 9.48. The molecule has 0 aliphatic rings. The van der Waals surface area contributed by atoms with Crippen molar-refractivity contribution >= 4 is 23.0 Å². The van der Waals surface area contributed by atoms with Crippen LogP contribution in [0.15, 0.2) is 34.7 Å². The lowest BCUT2D eigenvalue weighted by Gasteiger charge is -2.05. The van der Waals surface area contributed by atoms with Crippen LogP contribution in [-0.2, 0) is 6.54 Å². The van der Waals surface area contributed by atoms with E-state index in [1.807, 2.05) is 0 Å². The summed E-state index contributed by atoms with van der Waals surface area (Å²) in [5.41, 5.74) is -0.671. The van der Waals surface area contributed by atoms with Crippen molar-refractivity contribution in [1.82, 2.24) is 4.57 Å². The van der Waals surface area contributed by atoms with Gasteiger partial charge < -0.3 is 9.67 Å². The third kappa shape index (κ3) is 2.68. The minimum absolute atomic E-state index is 0.159. The Labute approximate surface area is 110 Å². The highest BCUT2D eigenvalue weighted by Crippen LogP contribution is 2.18. The van der Waals surface area contributed by atoms with E-state index in [2.05, 4.69) is 0 Å². The normalized spacial score (nSPS) is 10.3. The van der Waals surface area contributed by atoms with Crippen LogP contribution in [-0.4, -0.2) is 20.6 Å². The van der Waals surface area contributed by atoms with E-state index in [1.54, 1.807) is 11.4 Å². The summed E-state index contributed by atoms with van der Waals surface area (Å²) in [5.74, 6) is -1.04. The van der Waals surface area contributed by atoms with Crippen molar-refractivity contribution in [1.29, 1.82) is 0 Å². The van der Waals surface area contributed by atoms with Crippen molar-refractivity contribution in [2.45, 2.75) is 6.54 Å². The Kier molecular flexibility index (Phi) is 3.43. The SMILES string of the molecule is O=C(O)c1sccc1Cn1ccc(=O)c([N+](=O)[O-])c1. The molecule has 0 aliphatic carbocycles. The third-order valence-electron chi connectivity index (χ3n) is 2.45. The monoisotopic (exact) mass is 280 g/mol. The summed E-state index contributed by atoms with van der Waals surface area (Å²) < 4.78 is 1.41. The van der Waals surface area contributed by atoms with Gasteiger partial charge in [0.15, 0.2) is 0 Å². The van der Waals surface area contributed by atoms with Gasteiger partial charge in [-0.1, -0.05) is 0 Å². The first-order valence-corrected chi connectivity index (χ1v) is 6.01. The molecular formula is C11H8N2O5S. The molecule has 0 spiro atoms. The summed E-state index contributed by atoms with van der Waals surface area (Å²) in [7, 11) is 0. The van der Waals surface area contributed by atoms with Gasteiger partial charge in [0.05, 0.1) is 11.1 Å². The van der Waals surface area contributed by atoms with Gasteiger partial charge in [-0.3, -0.25) is 14.9 Å². The molecule has 0 amide bonds. The van der Waals surface area contributed by atoms with Crippen LogP contribution in [0.2, 0.25) is 0 Å². The lowest BCUT2D eigenvalue weighted by atomic mass is 10.2. The van der Waals surface area contributed by atoms with Crippen molar-refractivity contribution in [3.8, 4) is 0 Å². The summed E-state index contributed by atoms with van der Waals surface area (Å²) >= 11 is 1.08. The van der Waals surface area contributed by atoms with Crippen LogP contribution in [0.5, 0.6) is 0 Å². The van der Waals surface area contributed by atoms with E-state index >= 15 is 0 Å². The van der Waals surface area contributed by atoms with Crippen LogP contribution in [0, 0.1) is 10.1 Å². The molecule has 2 aromatic rings. The molecule has 7 nitrogen and oxygen atoms in total. The summed E-state index contributed by atoms with van der Waals surface area (Å²) in [6.45, 7) is 0.159. The molecule has 2 aromatic heterocycles. The Bertz CT molecular complexity index is 703. The van der Waals surface area contributed by atoms with Crippen LogP contribution < -0.4 is 5.43 Å². The Morgan fingerprint density at radius 3 is 2.84 bits per heavy atom. The molecule has 2 heterocycles. The maximum Gasteiger partial charge on any atom is 0.346 e. The van der Waals surface area contributed by atoms with Gasteiger partial charge in [-0.05, 0) is 17.0 Å². The molecular weight excluding hydrogens is 272 g/mol. The summed E-state index contributed by atoms with van der Waals surface area (Å²) in [6, 6.07) is 2.73. The molecule has 19 heavy (non-hydrogen) atoms. The van der Waals surface area contributed by atoms with Gasteiger partial charge in [0.25, 0.3) is 5.43 Å². The van der Waals surface area contributed by atoms with Gasteiger partial charge in [0.1, 0.15) is 4.88 Å². The second-order valence-corrected chi connectivity index (χ2v) is 4.62. The fraction of sp³-hybridized carbons (Fsp3) is 0.0909. The molecule has 0 saturated heterocycles. The molecule has 0 fully saturated rings. The van der Waals surface area contributed by atoms with Crippen molar-refractivity contribution in [2.75, 3.05) is 0 Å². The molecule has 0 aliphatic heterocycles. The molecule has 0 saturated carbocycles. The second-order valence-electron chi connectivity index (χ2n) is 3.70. The highest BCUT2D eigenvalue weighted by molar-refractivity contribution is 7.12. The second kappa shape index (κ2) is 5.02. The van der Waals surface area contributed by atoms with Gasteiger partial charge in [-0.2, -0.15) is 0 Å². The number of pyridine rings is 1. The Balaban J connectivity index is 2.36. The number of carboxylic acid groups (broad SMARTS) is 1. The van der Waals surface area contributed by atoms with Crippen LogP contribution in [0.25, 0.3) is 0 Å². The molecule has 0 radical (unpaired) electrons. The fourth-order valence-corrected chi connectivity index (χ4v) is 2.35. The molecule has 98 valence electrons. The van der Waals surface area contributed by atoms with E-state index in [9.17, 15) is 19.7 Å². The maximum atomic E-state index is 11.2. The number of carboxylic acids is 1. The quantitative estimate of drug-likeness (QED) is 0.676. The van der Waals surface area contributed by atoms with E-state index in [1.165, 1.54) is 10.8 Å². The van der Waals surface area contributed by atoms with E-state index in [0.29, 0.717) is 5.56 Å². The van der Waals surface area contributed by atoms with E-state index in [0.717, 1.165) is 23.6 Å². The van der Waals surface area contributed by atoms with Crippen LogP contribution in [0.3, 0.4) is 0 Å². The Morgan fingerprint density at radius 2 is 2.21 bits per heavy atom. The van der Waals surface area contributed by atoms with Gasteiger partial charge in [0.2, 0.25) is 0 Å². The first kappa shape index (κ1) is 13.0. The maximum absolute atomic E-state index is 11.2. The topological polar surface area (TPSA) is 102 Å². The smallest absolute Gasteiger partial charge is 0.346 e. The highest BCUT2D eigenvalue weighted by Gasteiger charge is 2.14. The molecule has 0 aromatic carbocycles. The number of aromatic nitrogens is 1. The molecule has 0 atom stereocenters. The van der Waals surface area contributed by atoms with Crippen LogP contribution in [0.4, 0.5) is 5.69 Å². The number of hydrogen-bond donors (Lipinski definition) is 1. The minimum atomic E-state index is -1.04. The molecule has 0 bridgehead atoms. The van der Waals surface area contributed by atoms with Crippen molar-refractivity contribution in [2.24, 2.45) is 0 Å². The average molecular weight is 280 g/mol. The Morgan fingerprint density at radius 1 is 1.47 bits per heavy atom. The van der Waals surface area contributed by atoms with Gasteiger partial charge in [-0.25, -0.2) is 4.79 Å². The number of nitrogens with zero attached hydrogens (tertiary/aromatic N) is 2. The van der Waals surface area contributed by atoms with Crippen molar-refractivity contribution < 1.29 is 14.8 Å². The van der Waals surface area contributed by atoms with E-state index in [4.69, 9.17) is 5.11 Å². The standard InChI is InChI=1S/C11H8N2O5S/c14-9-1-3-12(6-8(9)13(17)18)5-7-2-4-19-10(7)11(15)16/h1-4,6H,5H2,(H,15,16).